The molecular formula is C11H13ClN2S. The average Bonchev–Trinajstić information content (AvgIpc) is 2.73. The van der Waals surface area contributed by atoms with Gasteiger partial charge in [-0.1, -0.05) is 11.6 Å². The van der Waals surface area contributed by atoms with E-state index in [0.717, 1.165) is 23.7 Å². The van der Waals surface area contributed by atoms with E-state index in [1.807, 2.05) is 6.92 Å². The van der Waals surface area contributed by atoms with Gasteiger partial charge in [-0.05, 0) is 31.4 Å². The number of fused-ring (bicyclic) bond motifs is 1. The molecule has 0 spiro atoms. The molecule has 0 amide bonds. The molecule has 2 atom stereocenters. The minimum atomic E-state index is 0.0724. The summed E-state index contributed by atoms with van der Waals surface area (Å²) < 4.78 is 0.875. The van der Waals surface area contributed by atoms with Crippen molar-refractivity contribution >= 4 is 22.9 Å². The molecule has 0 radical (unpaired) electrons. The summed E-state index contributed by atoms with van der Waals surface area (Å²) in [5.74, 6) is 0.0724. The number of aryl methyl sites for hydroxylation is 1. The van der Waals surface area contributed by atoms with Gasteiger partial charge in [-0.25, -0.2) is 0 Å². The van der Waals surface area contributed by atoms with Crippen molar-refractivity contribution in [3.8, 4) is 6.07 Å². The van der Waals surface area contributed by atoms with Crippen LogP contribution in [0.4, 0.5) is 0 Å². The number of thiophene rings is 1. The van der Waals surface area contributed by atoms with Crippen LogP contribution < -0.4 is 5.32 Å². The molecule has 2 nitrogen and oxygen atoms in total. The maximum atomic E-state index is 8.70. The van der Waals surface area contributed by atoms with Crippen LogP contribution in [0.2, 0.25) is 4.34 Å². The van der Waals surface area contributed by atoms with E-state index in [2.05, 4.69) is 17.5 Å². The van der Waals surface area contributed by atoms with Crippen molar-refractivity contribution in [2.24, 2.45) is 5.92 Å². The van der Waals surface area contributed by atoms with Crippen LogP contribution in [-0.4, -0.2) is 6.54 Å². The van der Waals surface area contributed by atoms with E-state index >= 15 is 0 Å². The highest BCUT2D eigenvalue weighted by molar-refractivity contribution is 7.16. The lowest BCUT2D eigenvalue weighted by Crippen LogP contribution is -2.24. The van der Waals surface area contributed by atoms with E-state index < -0.39 is 0 Å². The molecule has 80 valence electrons. The molecule has 0 bridgehead atoms. The van der Waals surface area contributed by atoms with Crippen molar-refractivity contribution in [2.75, 3.05) is 6.54 Å². The van der Waals surface area contributed by atoms with Gasteiger partial charge in [0.2, 0.25) is 0 Å². The van der Waals surface area contributed by atoms with E-state index in [-0.39, 0.29) is 5.92 Å². The fraction of sp³-hybridized carbons (Fsp3) is 0.545. The summed E-state index contributed by atoms with van der Waals surface area (Å²) in [6, 6.07) is 4.69. The lowest BCUT2D eigenvalue weighted by molar-refractivity contribution is 0.497. The Hall–Kier alpha value is -0.560. The summed E-state index contributed by atoms with van der Waals surface area (Å²) >= 11 is 7.65. The maximum Gasteiger partial charge on any atom is 0.0934 e. The summed E-state index contributed by atoms with van der Waals surface area (Å²) in [7, 11) is 0. The molecule has 4 heteroatoms. The lowest BCUT2D eigenvalue weighted by atomic mass is 10.1. The molecule has 0 saturated heterocycles. The number of hydrogen-bond acceptors (Lipinski definition) is 3. The van der Waals surface area contributed by atoms with E-state index in [0.29, 0.717) is 6.04 Å². The average molecular weight is 241 g/mol. The first kappa shape index (κ1) is 10.9. The topological polar surface area (TPSA) is 35.8 Å². The lowest BCUT2D eigenvalue weighted by Gasteiger charge is -2.13. The molecule has 2 rings (SSSR count). The number of hydrogen-bond donors (Lipinski definition) is 1. The third-order valence-electron chi connectivity index (χ3n) is 2.74. The fourth-order valence-electron chi connectivity index (χ4n) is 1.91. The summed E-state index contributed by atoms with van der Waals surface area (Å²) in [6.45, 7) is 2.69. The quantitative estimate of drug-likeness (QED) is 0.881. The normalized spacial score (nSPS) is 21.0. The first-order valence-corrected chi connectivity index (χ1v) is 6.31. The highest BCUT2D eigenvalue weighted by Crippen LogP contribution is 2.39. The van der Waals surface area contributed by atoms with Crippen LogP contribution in [0.5, 0.6) is 0 Å². The zero-order valence-corrected chi connectivity index (χ0v) is 10.2. The smallest absolute Gasteiger partial charge is 0.0934 e. The van der Waals surface area contributed by atoms with Crippen LogP contribution in [0, 0.1) is 17.2 Å². The van der Waals surface area contributed by atoms with Crippen LogP contribution in [0.1, 0.15) is 29.8 Å². The molecule has 2 unspecified atom stereocenters. The van der Waals surface area contributed by atoms with E-state index in [9.17, 15) is 0 Å². The number of rotatable bonds is 3. The molecule has 1 aliphatic rings. The van der Waals surface area contributed by atoms with E-state index in [4.69, 9.17) is 16.9 Å². The van der Waals surface area contributed by atoms with Crippen LogP contribution in [-0.2, 0) is 6.42 Å². The fourth-order valence-corrected chi connectivity index (χ4v) is 3.26. The molecule has 0 fully saturated rings. The van der Waals surface area contributed by atoms with Gasteiger partial charge in [0.15, 0.2) is 0 Å². The van der Waals surface area contributed by atoms with Gasteiger partial charge in [0.1, 0.15) is 0 Å². The van der Waals surface area contributed by atoms with Gasteiger partial charge in [-0.3, -0.25) is 0 Å². The Bertz CT molecular complexity index is 394. The van der Waals surface area contributed by atoms with Gasteiger partial charge in [-0.15, -0.1) is 11.3 Å². The molecule has 0 saturated carbocycles. The summed E-state index contributed by atoms with van der Waals surface area (Å²) in [6.07, 6.45) is 2.25. The molecule has 0 aliphatic heterocycles. The van der Waals surface area contributed by atoms with Crippen molar-refractivity contribution in [2.45, 2.75) is 25.8 Å². The molecular weight excluding hydrogens is 228 g/mol. The third-order valence-corrected chi connectivity index (χ3v) is 4.08. The standard InChI is InChI=1S/C11H13ClN2S/c1-7(5-13)6-14-9-2-3-10-8(9)4-11(12)15-10/h4,7,9,14H,2-3,6H2,1H3. The summed E-state index contributed by atoms with van der Waals surface area (Å²) in [5, 5.41) is 12.1. The van der Waals surface area contributed by atoms with E-state index in [1.54, 1.807) is 11.3 Å². The van der Waals surface area contributed by atoms with Gasteiger partial charge in [0, 0.05) is 17.5 Å². The molecule has 1 N–H and O–H groups in total. The van der Waals surface area contributed by atoms with Crippen LogP contribution in [0.25, 0.3) is 0 Å². The van der Waals surface area contributed by atoms with Crippen molar-refractivity contribution in [3.05, 3.63) is 20.8 Å². The Morgan fingerprint density at radius 1 is 1.80 bits per heavy atom. The van der Waals surface area contributed by atoms with Crippen LogP contribution in [0.15, 0.2) is 6.07 Å². The van der Waals surface area contributed by atoms with Gasteiger partial charge < -0.3 is 5.32 Å². The van der Waals surface area contributed by atoms with Crippen molar-refractivity contribution in [3.63, 3.8) is 0 Å². The highest BCUT2D eigenvalue weighted by Gasteiger charge is 2.24. The van der Waals surface area contributed by atoms with Crippen LogP contribution in [0.3, 0.4) is 0 Å². The monoisotopic (exact) mass is 240 g/mol. The molecule has 1 aliphatic carbocycles. The van der Waals surface area contributed by atoms with E-state index in [1.165, 1.54) is 10.4 Å². The maximum absolute atomic E-state index is 8.70. The number of halogens is 1. The minimum absolute atomic E-state index is 0.0724. The van der Waals surface area contributed by atoms with Gasteiger partial charge in [0.05, 0.1) is 16.3 Å². The number of nitrogens with zero attached hydrogens (tertiary/aromatic N) is 1. The zero-order valence-electron chi connectivity index (χ0n) is 8.59. The first-order chi connectivity index (χ1) is 7.20. The zero-order chi connectivity index (χ0) is 10.8. The SMILES string of the molecule is CC(C#N)CNC1CCc2sc(Cl)cc21. The molecule has 1 aromatic heterocycles. The molecule has 1 heterocycles. The van der Waals surface area contributed by atoms with Gasteiger partial charge in [0.25, 0.3) is 0 Å². The van der Waals surface area contributed by atoms with Crippen molar-refractivity contribution in [1.82, 2.24) is 5.32 Å². The second kappa shape index (κ2) is 4.52. The summed E-state index contributed by atoms with van der Waals surface area (Å²) in [4.78, 5) is 1.40. The van der Waals surface area contributed by atoms with Crippen molar-refractivity contribution < 1.29 is 0 Å². The number of nitrogens with one attached hydrogen (secondary N) is 1. The van der Waals surface area contributed by atoms with Crippen LogP contribution >= 0.6 is 22.9 Å². The second-order valence-electron chi connectivity index (χ2n) is 3.96. The largest absolute Gasteiger partial charge is 0.309 e. The Balaban J connectivity index is 1.99. The highest BCUT2D eigenvalue weighted by atomic mass is 35.5. The Morgan fingerprint density at radius 3 is 3.33 bits per heavy atom. The first-order valence-electron chi connectivity index (χ1n) is 5.12. The number of nitriles is 1. The van der Waals surface area contributed by atoms with Crippen molar-refractivity contribution in [1.29, 1.82) is 5.26 Å². The Labute approximate surface area is 98.9 Å². The minimum Gasteiger partial charge on any atom is -0.309 e. The van der Waals surface area contributed by atoms with Gasteiger partial charge >= 0.3 is 0 Å². The molecule has 15 heavy (non-hydrogen) atoms. The predicted molar refractivity (Wildman–Crippen MR) is 63.2 cm³/mol. The van der Waals surface area contributed by atoms with Gasteiger partial charge in [-0.2, -0.15) is 5.26 Å². The molecule has 1 aromatic rings. The second-order valence-corrected chi connectivity index (χ2v) is 5.73. The summed E-state index contributed by atoms with van der Waals surface area (Å²) in [5.41, 5.74) is 1.34. The third kappa shape index (κ3) is 2.34. The Morgan fingerprint density at radius 2 is 2.60 bits per heavy atom. The Kier molecular flexibility index (Phi) is 3.30. The predicted octanol–water partition coefficient (Wildman–Crippen LogP) is 3.14. The molecule has 0 aromatic carbocycles.